The summed E-state index contributed by atoms with van der Waals surface area (Å²) in [5.74, 6) is 1.28. The molecule has 0 saturated heterocycles. The molecular weight excluding hydrogens is 298 g/mol. The minimum Gasteiger partial charge on any atom is -0.381 e. The van der Waals surface area contributed by atoms with Crippen molar-refractivity contribution in [3.63, 3.8) is 0 Å². The maximum Gasteiger partial charge on any atom is 0.228 e. The van der Waals surface area contributed by atoms with Crippen LogP contribution in [-0.2, 0) is 17.6 Å². The first-order chi connectivity index (χ1) is 10.8. The van der Waals surface area contributed by atoms with Crippen LogP contribution in [0, 0.1) is 0 Å². The maximum absolute atomic E-state index is 5.28. The molecule has 0 saturated carbocycles. The summed E-state index contributed by atoms with van der Waals surface area (Å²) in [6.07, 6.45) is 1.23. The van der Waals surface area contributed by atoms with Gasteiger partial charge in [0.2, 0.25) is 5.89 Å². The SMILES string of the molecule is CCOCCc1nc(Cc2csc(-c3ccccc3)n2)no1. The number of thiazole rings is 1. The monoisotopic (exact) mass is 315 g/mol. The molecule has 6 heteroatoms. The molecule has 0 bridgehead atoms. The molecule has 0 fully saturated rings. The van der Waals surface area contributed by atoms with Gasteiger partial charge in [0.15, 0.2) is 5.82 Å². The molecule has 114 valence electrons. The number of aromatic nitrogens is 3. The van der Waals surface area contributed by atoms with E-state index in [2.05, 4.69) is 27.3 Å². The van der Waals surface area contributed by atoms with Crippen LogP contribution in [-0.4, -0.2) is 28.3 Å². The van der Waals surface area contributed by atoms with E-state index in [0.717, 1.165) is 16.3 Å². The highest BCUT2D eigenvalue weighted by molar-refractivity contribution is 7.13. The highest BCUT2D eigenvalue weighted by Gasteiger charge is 2.10. The summed E-state index contributed by atoms with van der Waals surface area (Å²) >= 11 is 1.63. The average molecular weight is 315 g/mol. The minimum atomic E-state index is 0.585. The third-order valence-corrected chi connectivity index (χ3v) is 4.03. The van der Waals surface area contributed by atoms with Gasteiger partial charge in [-0.25, -0.2) is 4.98 Å². The number of ether oxygens (including phenoxy) is 1. The Morgan fingerprint density at radius 1 is 1.18 bits per heavy atom. The molecular formula is C16H17N3O2S. The summed E-state index contributed by atoms with van der Waals surface area (Å²) in [5.41, 5.74) is 2.09. The van der Waals surface area contributed by atoms with E-state index in [1.165, 1.54) is 0 Å². The van der Waals surface area contributed by atoms with Gasteiger partial charge in [-0.2, -0.15) is 4.98 Å². The van der Waals surface area contributed by atoms with Crippen LogP contribution in [0.15, 0.2) is 40.2 Å². The van der Waals surface area contributed by atoms with Gasteiger partial charge in [-0.15, -0.1) is 11.3 Å². The average Bonchev–Trinajstić information content (AvgIpc) is 3.19. The van der Waals surface area contributed by atoms with Crippen molar-refractivity contribution in [1.82, 2.24) is 15.1 Å². The van der Waals surface area contributed by atoms with Crippen molar-refractivity contribution >= 4 is 11.3 Å². The smallest absolute Gasteiger partial charge is 0.228 e. The van der Waals surface area contributed by atoms with Crippen molar-refractivity contribution in [3.8, 4) is 10.6 Å². The molecule has 2 heterocycles. The largest absolute Gasteiger partial charge is 0.381 e. The topological polar surface area (TPSA) is 61.0 Å². The van der Waals surface area contributed by atoms with Crippen LogP contribution < -0.4 is 0 Å². The Labute approximate surface area is 133 Å². The van der Waals surface area contributed by atoms with Crippen LogP contribution in [0.4, 0.5) is 0 Å². The first-order valence-corrected chi connectivity index (χ1v) is 8.12. The maximum atomic E-state index is 5.28. The number of benzene rings is 1. The zero-order valence-electron chi connectivity index (χ0n) is 12.4. The van der Waals surface area contributed by atoms with Crippen LogP contribution in [0.1, 0.15) is 24.3 Å². The normalized spacial score (nSPS) is 11.0. The molecule has 0 spiro atoms. The lowest BCUT2D eigenvalue weighted by Gasteiger charge is -1.95. The zero-order valence-corrected chi connectivity index (χ0v) is 13.2. The summed E-state index contributed by atoms with van der Waals surface area (Å²) in [6.45, 7) is 3.26. The highest BCUT2D eigenvalue weighted by Crippen LogP contribution is 2.24. The molecule has 3 rings (SSSR count). The van der Waals surface area contributed by atoms with Crippen molar-refractivity contribution < 1.29 is 9.26 Å². The van der Waals surface area contributed by atoms with E-state index in [0.29, 0.717) is 37.8 Å². The lowest BCUT2D eigenvalue weighted by Crippen LogP contribution is -1.98. The van der Waals surface area contributed by atoms with Crippen molar-refractivity contribution in [2.75, 3.05) is 13.2 Å². The van der Waals surface area contributed by atoms with E-state index in [1.54, 1.807) is 11.3 Å². The summed E-state index contributed by atoms with van der Waals surface area (Å²) in [7, 11) is 0. The van der Waals surface area contributed by atoms with E-state index < -0.39 is 0 Å². The summed E-state index contributed by atoms with van der Waals surface area (Å²) in [6, 6.07) is 10.1. The summed E-state index contributed by atoms with van der Waals surface area (Å²) < 4.78 is 10.5. The molecule has 0 aliphatic heterocycles. The molecule has 0 atom stereocenters. The van der Waals surface area contributed by atoms with E-state index >= 15 is 0 Å². The van der Waals surface area contributed by atoms with Gasteiger partial charge in [-0.3, -0.25) is 0 Å². The van der Waals surface area contributed by atoms with Gasteiger partial charge in [0.1, 0.15) is 5.01 Å². The molecule has 0 unspecified atom stereocenters. The third-order valence-electron chi connectivity index (χ3n) is 3.09. The molecule has 0 radical (unpaired) electrons. The first-order valence-electron chi connectivity index (χ1n) is 7.24. The fourth-order valence-corrected chi connectivity index (χ4v) is 2.86. The predicted octanol–water partition coefficient (Wildman–Crippen LogP) is 3.36. The Kier molecular flexibility index (Phi) is 4.92. The van der Waals surface area contributed by atoms with E-state index in [1.807, 2.05) is 30.5 Å². The van der Waals surface area contributed by atoms with E-state index in [9.17, 15) is 0 Å². The van der Waals surface area contributed by atoms with Crippen LogP contribution in [0.25, 0.3) is 10.6 Å². The standard InChI is InChI=1S/C16H17N3O2S/c1-2-20-9-8-15-18-14(19-21-15)10-13-11-22-16(17-13)12-6-4-3-5-7-12/h3-7,11H,2,8-10H2,1H3. The molecule has 0 aliphatic rings. The summed E-state index contributed by atoms with van der Waals surface area (Å²) in [4.78, 5) is 9.00. The Hall–Kier alpha value is -2.05. The van der Waals surface area contributed by atoms with Crippen LogP contribution in [0.5, 0.6) is 0 Å². The predicted molar refractivity (Wildman–Crippen MR) is 84.9 cm³/mol. The minimum absolute atomic E-state index is 0.585. The van der Waals surface area contributed by atoms with E-state index in [-0.39, 0.29) is 0 Å². The zero-order chi connectivity index (χ0) is 15.2. The molecule has 22 heavy (non-hydrogen) atoms. The van der Waals surface area contributed by atoms with Crippen LogP contribution >= 0.6 is 11.3 Å². The highest BCUT2D eigenvalue weighted by atomic mass is 32.1. The Balaban J connectivity index is 1.63. The van der Waals surface area contributed by atoms with Gasteiger partial charge in [0, 0.05) is 17.6 Å². The molecule has 0 amide bonds. The first kappa shape index (κ1) is 14.9. The molecule has 0 N–H and O–H groups in total. The van der Waals surface area contributed by atoms with Gasteiger partial charge in [-0.05, 0) is 6.92 Å². The second-order valence-electron chi connectivity index (χ2n) is 4.74. The number of nitrogens with zero attached hydrogens (tertiary/aromatic N) is 3. The Morgan fingerprint density at radius 2 is 2.05 bits per heavy atom. The third kappa shape index (κ3) is 3.78. The molecule has 3 aromatic rings. The van der Waals surface area contributed by atoms with E-state index in [4.69, 9.17) is 9.26 Å². The van der Waals surface area contributed by atoms with Crippen molar-refractivity contribution in [2.24, 2.45) is 0 Å². The van der Waals surface area contributed by atoms with Gasteiger partial charge >= 0.3 is 0 Å². The molecule has 2 aromatic heterocycles. The summed E-state index contributed by atoms with van der Waals surface area (Å²) in [5, 5.41) is 7.05. The lowest BCUT2D eigenvalue weighted by atomic mass is 10.2. The second-order valence-corrected chi connectivity index (χ2v) is 5.60. The number of rotatable bonds is 7. The Bertz CT molecular complexity index is 709. The van der Waals surface area contributed by atoms with Gasteiger partial charge in [0.05, 0.1) is 25.1 Å². The lowest BCUT2D eigenvalue weighted by molar-refractivity contribution is 0.144. The van der Waals surface area contributed by atoms with Crippen molar-refractivity contribution in [3.05, 3.63) is 53.1 Å². The van der Waals surface area contributed by atoms with Crippen LogP contribution in [0.2, 0.25) is 0 Å². The van der Waals surface area contributed by atoms with Gasteiger partial charge < -0.3 is 9.26 Å². The Morgan fingerprint density at radius 3 is 2.86 bits per heavy atom. The second kappa shape index (κ2) is 7.29. The van der Waals surface area contributed by atoms with Crippen LogP contribution in [0.3, 0.4) is 0 Å². The number of hydrogen-bond donors (Lipinski definition) is 0. The fourth-order valence-electron chi connectivity index (χ4n) is 2.03. The molecule has 0 aliphatic carbocycles. The van der Waals surface area contributed by atoms with Gasteiger partial charge in [-0.1, -0.05) is 35.5 Å². The fraction of sp³-hybridized carbons (Fsp3) is 0.312. The van der Waals surface area contributed by atoms with Crippen molar-refractivity contribution in [1.29, 1.82) is 0 Å². The quantitative estimate of drug-likeness (QED) is 0.626. The number of hydrogen-bond acceptors (Lipinski definition) is 6. The van der Waals surface area contributed by atoms with Gasteiger partial charge in [0.25, 0.3) is 0 Å². The molecule has 1 aromatic carbocycles. The molecule has 5 nitrogen and oxygen atoms in total. The van der Waals surface area contributed by atoms with Crippen molar-refractivity contribution in [2.45, 2.75) is 19.8 Å².